The van der Waals surface area contributed by atoms with E-state index in [1.807, 2.05) is 20.8 Å². The molecule has 0 saturated carbocycles. The van der Waals surface area contributed by atoms with E-state index in [0.717, 1.165) is 31.0 Å². The zero-order chi connectivity index (χ0) is 15.3. The van der Waals surface area contributed by atoms with Crippen molar-refractivity contribution in [2.45, 2.75) is 47.2 Å². The SMILES string of the molecule is CCN(CC)CC(C)NC(=O)Cn1nc(C)c(N)c1C. The highest BCUT2D eigenvalue weighted by molar-refractivity contribution is 5.76. The Hall–Kier alpha value is -1.56. The molecule has 1 heterocycles. The molecule has 0 saturated heterocycles. The summed E-state index contributed by atoms with van der Waals surface area (Å²) in [6, 6.07) is 0.122. The lowest BCUT2D eigenvalue weighted by Crippen LogP contribution is -2.43. The van der Waals surface area contributed by atoms with E-state index in [-0.39, 0.29) is 18.5 Å². The highest BCUT2D eigenvalue weighted by Crippen LogP contribution is 2.14. The zero-order valence-corrected chi connectivity index (χ0v) is 13.2. The first-order valence-corrected chi connectivity index (χ1v) is 7.20. The zero-order valence-electron chi connectivity index (χ0n) is 13.2. The second-order valence-electron chi connectivity index (χ2n) is 5.20. The molecule has 6 heteroatoms. The smallest absolute Gasteiger partial charge is 0.241 e. The Bertz CT molecular complexity index is 451. The molecule has 0 spiro atoms. The summed E-state index contributed by atoms with van der Waals surface area (Å²) in [4.78, 5) is 14.3. The van der Waals surface area contributed by atoms with E-state index in [4.69, 9.17) is 5.73 Å². The predicted molar refractivity (Wildman–Crippen MR) is 81.5 cm³/mol. The summed E-state index contributed by atoms with van der Waals surface area (Å²) in [5, 5.41) is 7.27. The van der Waals surface area contributed by atoms with Gasteiger partial charge in [0.25, 0.3) is 0 Å². The van der Waals surface area contributed by atoms with Crippen LogP contribution in [0, 0.1) is 13.8 Å². The Kier molecular flexibility index (Phi) is 6.01. The lowest BCUT2D eigenvalue weighted by atomic mass is 10.3. The van der Waals surface area contributed by atoms with Gasteiger partial charge in [0.15, 0.2) is 0 Å². The van der Waals surface area contributed by atoms with E-state index in [0.29, 0.717) is 5.69 Å². The van der Waals surface area contributed by atoms with Crippen LogP contribution in [0.4, 0.5) is 5.69 Å². The van der Waals surface area contributed by atoms with Crippen molar-refractivity contribution in [1.29, 1.82) is 0 Å². The molecule has 0 aliphatic rings. The molecule has 1 rings (SSSR count). The third kappa shape index (κ3) is 4.23. The Morgan fingerprint density at radius 3 is 2.45 bits per heavy atom. The predicted octanol–water partition coefficient (Wildman–Crippen LogP) is 0.929. The maximum absolute atomic E-state index is 12.0. The van der Waals surface area contributed by atoms with Gasteiger partial charge in [-0.3, -0.25) is 9.48 Å². The van der Waals surface area contributed by atoms with Crippen LogP contribution >= 0.6 is 0 Å². The molecule has 3 N–H and O–H groups in total. The van der Waals surface area contributed by atoms with Crippen LogP contribution in [-0.2, 0) is 11.3 Å². The number of carbonyl (C=O) groups excluding carboxylic acids is 1. The van der Waals surface area contributed by atoms with Crippen LogP contribution in [0.25, 0.3) is 0 Å². The maximum atomic E-state index is 12.0. The summed E-state index contributed by atoms with van der Waals surface area (Å²) in [6.07, 6.45) is 0. The highest BCUT2D eigenvalue weighted by Gasteiger charge is 2.14. The van der Waals surface area contributed by atoms with Crippen molar-refractivity contribution < 1.29 is 4.79 Å². The number of aryl methyl sites for hydroxylation is 1. The minimum absolute atomic E-state index is 0.0322. The number of nitrogens with two attached hydrogens (primary N) is 1. The van der Waals surface area contributed by atoms with Crippen molar-refractivity contribution >= 4 is 11.6 Å². The lowest BCUT2D eigenvalue weighted by molar-refractivity contribution is -0.122. The van der Waals surface area contributed by atoms with Crippen molar-refractivity contribution in [3.8, 4) is 0 Å². The average molecular weight is 281 g/mol. The number of rotatable bonds is 7. The van der Waals surface area contributed by atoms with Gasteiger partial charge < -0.3 is 16.0 Å². The second-order valence-corrected chi connectivity index (χ2v) is 5.20. The molecule has 6 nitrogen and oxygen atoms in total. The molecule has 1 amide bonds. The average Bonchev–Trinajstić information content (AvgIpc) is 2.63. The molecular weight excluding hydrogens is 254 g/mol. The molecule has 1 atom stereocenters. The molecule has 1 aromatic heterocycles. The number of anilines is 1. The molecule has 114 valence electrons. The Morgan fingerprint density at radius 1 is 1.40 bits per heavy atom. The van der Waals surface area contributed by atoms with Crippen molar-refractivity contribution in [1.82, 2.24) is 20.0 Å². The minimum Gasteiger partial charge on any atom is -0.396 e. The van der Waals surface area contributed by atoms with Gasteiger partial charge in [0.05, 0.1) is 17.1 Å². The summed E-state index contributed by atoms with van der Waals surface area (Å²) in [6.45, 7) is 13.0. The van der Waals surface area contributed by atoms with Crippen LogP contribution in [0.15, 0.2) is 0 Å². The monoisotopic (exact) mass is 281 g/mol. The number of amides is 1. The van der Waals surface area contributed by atoms with E-state index in [2.05, 4.69) is 29.2 Å². The fourth-order valence-electron chi connectivity index (χ4n) is 2.24. The summed E-state index contributed by atoms with van der Waals surface area (Å²) < 4.78 is 1.66. The first-order valence-electron chi connectivity index (χ1n) is 7.20. The summed E-state index contributed by atoms with van der Waals surface area (Å²) in [7, 11) is 0. The van der Waals surface area contributed by atoms with Crippen molar-refractivity contribution in [2.24, 2.45) is 0 Å². The highest BCUT2D eigenvalue weighted by atomic mass is 16.2. The molecule has 0 radical (unpaired) electrons. The molecule has 0 aliphatic carbocycles. The standard InChI is InChI=1S/C14H27N5O/c1-6-18(7-2)8-10(3)16-13(20)9-19-12(5)14(15)11(4)17-19/h10H,6-9,15H2,1-5H3,(H,16,20). The van der Waals surface area contributed by atoms with E-state index in [1.54, 1.807) is 4.68 Å². The summed E-state index contributed by atoms with van der Waals surface area (Å²) >= 11 is 0. The molecule has 0 aliphatic heterocycles. The van der Waals surface area contributed by atoms with Gasteiger partial charge in [-0.15, -0.1) is 0 Å². The number of nitrogens with one attached hydrogen (secondary N) is 1. The minimum atomic E-state index is -0.0322. The van der Waals surface area contributed by atoms with Gasteiger partial charge in [-0.1, -0.05) is 13.8 Å². The van der Waals surface area contributed by atoms with Crippen molar-refractivity contribution in [3.05, 3.63) is 11.4 Å². The third-order valence-electron chi connectivity index (χ3n) is 3.56. The van der Waals surface area contributed by atoms with Crippen LogP contribution in [0.1, 0.15) is 32.2 Å². The van der Waals surface area contributed by atoms with Gasteiger partial charge >= 0.3 is 0 Å². The Morgan fingerprint density at radius 2 is 2.00 bits per heavy atom. The first-order chi connectivity index (χ1) is 9.38. The number of nitrogen functional groups attached to an aromatic ring is 1. The number of likely N-dealkylation sites (N-methyl/N-ethyl adjacent to an activating group) is 1. The van der Waals surface area contributed by atoms with Crippen molar-refractivity contribution in [3.63, 3.8) is 0 Å². The van der Waals surface area contributed by atoms with E-state index >= 15 is 0 Å². The molecule has 1 unspecified atom stereocenters. The van der Waals surface area contributed by atoms with Crippen LogP contribution in [-0.4, -0.2) is 46.3 Å². The number of hydrogen-bond acceptors (Lipinski definition) is 4. The van der Waals surface area contributed by atoms with Gasteiger partial charge in [-0.05, 0) is 33.9 Å². The molecule has 1 aromatic rings. The van der Waals surface area contributed by atoms with Gasteiger partial charge in [-0.25, -0.2) is 0 Å². The van der Waals surface area contributed by atoms with Gasteiger partial charge in [0, 0.05) is 12.6 Å². The van der Waals surface area contributed by atoms with Crippen LogP contribution < -0.4 is 11.1 Å². The normalized spacial score (nSPS) is 12.7. The van der Waals surface area contributed by atoms with Crippen LogP contribution in [0.2, 0.25) is 0 Å². The van der Waals surface area contributed by atoms with Gasteiger partial charge in [-0.2, -0.15) is 5.10 Å². The molecule has 0 fully saturated rings. The quantitative estimate of drug-likeness (QED) is 0.779. The Labute approximate surface area is 121 Å². The maximum Gasteiger partial charge on any atom is 0.241 e. The first kappa shape index (κ1) is 16.5. The van der Waals surface area contributed by atoms with E-state index < -0.39 is 0 Å². The van der Waals surface area contributed by atoms with Crippen LogP contribution in [0.5, 0.6) is 0 Å². The van der Waals surface area contributed by atoms with Gasteiger partial charge in [0.2, 0.25) is 5.91 Å². The summed E-state index contributed by atoms with van der Waals surface area (Å²) in [5.41, 5.74) is 8.13. The number of aromatic nitrogens is 2. The third-order valence-corrected chi connectivity index (χ3v) is 3.56. The molecule has 0 bridgehead atoms. The largest absolute Gasteiger partial charge is 0.396 e. The summed E-state index contributed by atoms with van der Waals surface area (Å²) in [5.74, 6) is -0.0322. The Balaban J connectivity index is 2.53. The number of nitrogens with zero attached hydrogens (tertiary/aromatic N) is 3. The molecule has 20 heavy (non-hydrogen) atoms. The molecular formula is C14H27N5O. The van der Waals surface area contributed by atoms with Gasteiger partial charge in [0.1, 0.15) is 6.54 Å². The van der Waals surface area contributed by atoms with E-state index in [1.165, 1.54) is 0 Å². The number of carbonyl (C=O) groups is 1. The van der Waals surface area contributed by atoms with Crippen molar-refractivity contribution in [2.75, 3.05) is 25.4 Å². The topological polar surface area (TPSA) is 76.2 Å². The fourth-order valence-corrected chi connectivity index (χ4v) is 2.24. The molecule has 0 aromatic carbocycles. The van der Waals surface area contributed by atoms with E-state index in [9.17, 15) is 4.79 Å². The lowest BCUT2D eigenvalue weighted by Gasteiger charge is -2.23. The second kappa shape index (κ2) is 7.28. The number of hydrogen-bond donors (Lipinski definition) is 2. The fraction of sp³-hybridized carbons (Fsp3) is 0.714. The van der Waals surface area contributed by atoms with Crippen LogP contribution in [0.3, 0.4) is 0 Å².